The van der Waals surface area contributed by atoms with Crippen LogP contribution in [0.4, 0.5) is 5.69 Å². The molecule has 1 aromatic carbocycles. The van der Waals surface area contributed by atoms with Gasteiger partial charge in [0, 0.05) is 5.69 Å². The zero-order valence-corrected chi connectivity index (χ0v) is 14.3. The first-order chi connectivity index (χ1) is 10.7. The van der Waals surface area contributed by atoms with E-state index >= 15 is 0 Å². The van der Waals surface area contributed by atoms with E-state index in [0.29, 0.717) is 5.75 Å². The van der Waals surface area contributed by atoms with Crippen LogP contribution in [0.5, 0.6) is 5.75 Å². The molecule has 0 bridgehead atoms. The summed E-state index contributed by atoms with van der Waals surface area (Å²) in [4.78, 5) is 11.9. The minimum absolute atomic E-state index is 0.0579. The minimum atomic E-state index is -0.0579. The van der Waals surface area contributed by atoms with Crippen molar-refractivity contribution in [2.45, 2.75) is 31.0 Å². The number of anilines is 1. The summed E-state index contributed by atoms with van der Waals surface area (Å²) >= 11 is 2.89. The monoisotopic (exact) mass is 337 g/mol. The molecule has 1 amide bonds. The highest BCUT2D eigenvalue weighted by Gasteiger charge is 2.07. The van der Waals surface area contributed by atoms with E-state index in [4.69, 9.17) is 4.74 Å². The van der Waals surface area contributed by atoms with Gasteiger partial charge in [-0.3, -0.25) is 4.79 Å². The first-order valence-corrected chi connectivity index (χ1v) is 8.93. The van der Waals surface area contributed by atoms with Crippen molar-refractivity contribution in [1.29, 1.82) is 0 Å². The van der Waals surface area contributed by atoms with Crippen LogP contribution in [-0.2, 0) is 4.79 Å². The molecular weight excluding hydrogens is 318 g/mol. The zero-order valence-electron chi connectivity index (χ0n) is 12.7. The lowest BCUT2D eigenvalue weighted by Crippen LogP contribution is -2.13. The summed E-state index contributed by atoms with van der Waals surface area (Å²) in [5, 5.41) is 11.7. The molecular formula is C15H19N3O2S2. The summed E-state index contributed by atoms with van der Waals surface area (Å²) in [5.74, 6) is 1.09. The summed E-state index contributed by atoms with van der Waals surface area (Å²) in [7, 11) is 0. The maximum absolute atomic E-state index is 11.9. The molecule has 2 aromatic rings. The second-order valence-corrected chi connectivity index (χ2v) is 7.05. The van der Waals surface area contributed by atoms with E-state index < -0.39 is 0 Å². The van der Waals surface area contributed by atoms with Crippen molar-refractivity contribution in [1.82, 2.24) is 10.2 Å². The fourth-order valence-electron chi connectivity index (χ4n) is 1.63. The minimum Gasteiger partial charge on any atom is -0.494 e. The van der Waals surface area contributed by atoms with E-state index in [0.717, 1.165) is 40.2 Å². The number of aryl methyl sites for hydroxylation is 1. The van der Waals surface area contributed by atoms with Crippen LogP contribution >= 0.6 is 23.1 Å². The van der Waals surface area contributed by atoms with Crippen LogP contribution in [0.3, 0.4) is 0 Å². The summed E-state index contributed by atoms with van der Waals surface area (Å²) in [6.07, 6.45) is 2.15. The van der Waals surface area contributed by atoms with Crippen LogP contribution < -0.4 is 10.1 Å². The highest BCUT2D eigenvalue weighted by Crippen LogP contribution is 2.22. The van der Waals surface area contributed by atoms with Gasteiger partial charge in [0.2, 0.25) is 5.91 Å². The maximum atomic E-state index is 11.9. The topological polar surface area (TPSA) is 64.1 Å². The molecule has 1 aromatic heterocycles. The molecule has 22 heavy (non-hydrogen) atoms. The highest BCUT2D eigenvalue weighted by molar-refractivity contribution is 8.01. The van der Waals surface area contributed by atoms with E-state index in [1.165, 1.54) is 23.1 Å². The summed E-state index contributed by atoms with van der Waals surface area (Å²) < 4.78 is 6.40. The molecule has 0 saturated carbocycles. The number of aromatic nitrogens is 2. The molecule has 0 unspecified atom stereocenters. The van der Waals surface area contributed by atoms with Crippen molar-refractivity contribution < 1.29 is 9.53 Å². The number of rotatable bonds is 8. The van der Waals surface area contributed by atoms with Gasteiger partial charge in [-0.2, -0.15) is 0 Å². The third-order valence-electron chi connectivity index (χ3n) is 2.74. The first-order valence-electron chi connectivity index (χ1n) is 7.13. The smallest absolute Gasteiger partial charge is 0.234 e. The Hall–Kier alpha value is -1.60. The number of nitrogens with zero attached hydrogens (tertiary/aromatic N) is 2. The predicted octanol–water partition coefficient (Wildman–Crippen LogP) is 3.76. The van der Waals surface area contributed by atoms with Crippen molar-refractivity contribution in [3.8, 4) is 5.75 Å². The van der Waals surface area contributed by atoms with Gasteiger partial charge < -0.3 is 10.1 Å². The number of amides is 1. The molecule has 118 valence electrons. The molecule has 0 radical (unpaired) electrons. The largest absolute Gasteiger partial charge is 0.494 e. The van der Waals surface area contributed by atoms with Gasteiger partial charge in [-0.15, -0.1) is 10.2 Å². The summed E-state index contributed by atoms with van der Waals surface area (Å²) in [6, 6.07) is 7.43. The number of ether oxygens (including phenoxy) is 1. The normalized spacial score (nSPS) is 10.5. The third-order valence-corrected chi connectivity index (χ3v) is 4.71. The maximum Gasteiger partial charge on any atom is 0.234 e. The van der Waals surface area contributed by atoms with Gasteiger partial charge in [0.15, 0.2) is 4.34 Å². The van der Waals surface area contributed by atoms with Gasteiger partial charge in [0.05, 0.1) is 12.4 Å². The van der Waals surface area contributed by atoms with Crippen LogP contribution in [0.1, 0.15) is 24.8 Å². The fourth-order valence-corrected chi connectivity index (χ4v) is 3.25. The Labute approximate surface area is 138 Å². The summed E-state index contributed by atoms with van der Waals surface area (Å²) in [6.45, 7) is 4.75. The SMILES string of the molecule is CCCCOc1ccc(NC(=O)CSc2nnc(C)s2)cc1. The number of hydrogen-bond acceptors (Lipinski definition) is 6. The van der Waals surface area contributed by atoms with Crippen molar-refractivity contribution in [2.24, 2.45) is 0 Å². The van der Waals surface area contributed by atoms with Crippen molar-refractivity contribution >= 4 is 34.7 Å². The number of hydrogen-bond donors (Lipinski definition) is 1. The second-order valence-electron chi connectivity index (χ2n) is 4.65. The molecule has 5 nitrogen and oxygen atoms in total. The Balaban J connectivity index is 1.76. The van der Waals surface area contributed by atoms with E-state index in [1.807, 2.05) is 31.2 Å². The zero-order chi connectivity index (χ0) is 15.8. The second kappa shape index (κ2) is 8.75. The average molecular weight is 337 g/mol. The standard InChI is InChI=1S/C15H19N3O2S2/c1-3-4-9-20-13-7-5-12(6-8-13)16-14(19)10-21-15-18-17-11(2)22-15/h5-8H,3-4,9-10H2,1-2H3,(H,16,19). The number of unbranched alkanes of at least 4 members (excludes halogenated alkanes) is 1. The lowest BCUT2D eigenvalue weighted by Gasteiger charge is -2.07. The number of nitrogens with one attached hydrogen (secondary N) is 1. The Kier molecular flexibility index (Phi) is 6.67. The number of thioether (sulfide) groups is 1. The third kappa shape index (κ3) is 5.65. The van der Waals surface area contributed by atoms with Gasteiger partial charge in [-0.25, -0.2) is 0 Å². The molecule has 1 heterocycles. The predicted molar refractivity (Wildman–Crippen MR) is 90.8 cm³/mol. The van der Waals surface area contributed by atoms with E-state index in [1.54, 1.807) is 0 Å². The molecule has 0 saturated heterocycles. The van der Waals surface area contributed by atoms with Gasteiger partial charge in [0.25, 0.3) is 0 Å². The van der Waals surface area contributed by atoms with Crippen LogP contribution in [0.15, 0.2) is 28.6 Å². The molecule has 0 aliphatic rings. The molecule has 0 atom stereocenters. The van der Waals surface area contributed by atoms with Gasteiger partial charge in [-0.1, -0.05) is 36.4 Å². The lowest BCUT2D eigenvalue weighted by atomic mass is 10.3. The van der Waals surface area contributed by atoms with E-state index in [2.05, 4.69) is 22.4 Å². The number of carbonyl (C=O) groups excluding carboxylic acids is 1. The lowest BCUT2D eigenvalue weighted by molar-refractivity contribution is -0.113. The van der Waals surface area contributed by atoms with Crippen molar-refractivity contribution in [3.05, 3.63) is 29.3 Å². The van der Waals surface area contributed by atoms with Crippen LogP contribution in [0.2, 0.25) is 0 Å². The Morgan fingerprint density at radius 3 is 2.73 bits per heavy atom. The first kappa shape index (κ1) is 16.8. The molecule has 0 fully saturated rings. The molecule has 0 aliphatic carbocycles. The summed E-state index contributed by atoms with van der Waals surface area (Å²) in [5.41, 5.74) is 0.766. The Morgan fingerprint density at radius 1 is 1.32 bits per heavy atom. The van der Waals surface area contributed by atoms with Crippen LogP contribution in [0, 0.1) is 6.92 Å². The van der Waals surface area contributed by atoms with Gasteiger partial charge in [-0.05, 0) is 37.6 Å². The molecule has 0 aliphatic heterocycles. The van der Waals surface area contributed by atoms with Crippen LogP contribution in [0.25, 0.3) is 0 Å². The molecule has 2 rings (SSSR count). The fraction of sp³-hybridized carbons (Fsp3) is 0.400. The number of benzene rings is 1. The van der Waals surface area contributed by atoms with Gasteiger partial charge in [0.1, 0.15) is 10.8 Å². The average Bonchev–Trinajstić information content (AvgIpc) is 2.93. The van der Waals surface area contributed by atoms with Gasteiger partial charge >= 0.3 is 0 Å². The Morgan fingerprint density at radius 2 is 2.09 bits per heavy atom. The van der Waals surface area contributed by atoms with E-state index in [9.17, 15) is 4.79 Å². The van der Waals surface area contributed by atoms with Crippen molar-refractivity contribution in [2.75, 3.05) is 17.7 Å². The van der Waals surface area contributed by atoms with Crippen LogP contribution in [-0.4, -0.2) is 28.5 Å². The van der Waals surface area contributed by atoms with E-state index in [-0.39, 0.29) is 5.91 Å². The number of carbonyl (C=O) groups is 1. The highest BCUT2D eigenvalue weighted by atomic mass is 32.2. The molecule has 1 N–H and O–H groups in total. The Bertz CT molecular complexity index is 599. The molecule has 7 heteroatoms. The molecule has 0 spiro atoms. The van der Waals surface area contributed by atoms with Crippen molar-refractivity contribution in [3.63, 3.8) is 0 Å². The quantitative estimate of drug-likeness (QED) is 0.587.